The van der Waals surface area contributed by atoms with Crippen molar-refractivity contribution in [2.75, 3.05) is 18.1 Å². The molecule has 96 valence electrons. The van der Waals surface area contributed by atoms with E-state index in [-0.39, 0.29) is 5.82 Å². The van der Waals surface area contributed by atoms with Crippen LogP contribution in [-0.4, -0.2) is 24.1 Å². The van der Waals surface area contributed by atoms with Gasteiger partial charge in [0, 0.05) is 11.8 Å². The van der Waals surface area contributed by atoms with Gasteiger partial charge in [0.1, 0.15) is 5.82 Å². The summed E-state index contributed by atoms with van der Waals surface area (Å²) in [6.07, 6.45) is 0.907. The summed E-state index contributed by atoms with van der Waals surface area (Å²) in [5.41, 5.74) is 2.29. The molecule has 0 aliphatic rings. The van der Waals surface area contributed by atoms with Gasteiger partial charge < -0.3 is 5.32 Å². The Kier molecular flexibility index (Phi) is 6.60. The molecule has 0 fully saturated rings. The molecule has 0 aliphatic heterocycles. The second-order valence-electron chi connectivity index (χ2n) is 4.19. The van der Waals surface area contributed by atoms with E-state index in [0.717, 1.165) is 30.0 Å². The highest BCUT2D eigenvalue weighted by Gasteiger charge is 2.10. The van der Waals surface area contributed by atoms with Crippen molar-refractivity contribution >= 4 is 11.8 Å². The first-order chi connectivity index (χ1) is 8.17. The molecule has 1 unspecified atom stereocenters. The molecular formula is C14H22FNS. The van der Waals surface area contributed by atoms with Gasteiger partial charge in [0.05, 0.1) is 0 Å². The van der Waals surface area contributed by atoms with Crippen LogP contribution in [0.15, 0.2) is 18.2 Å². The molecular weight excluding hydrogens is 233 g/mol. The molecule has 1 rings (SSSR count). The summed E-state index contributed by atoms with van der Waals surface area (Å²) in [7, 11) is 0. The van der Waals surface area contributed by atoms with Gasteiger partial charge in [0.15, 0.2) is 0 Å². The van der Waals surface area contributed by atoms with Crippen LogP contribution in [0.2, 0.25) is 0 Å². The number of nitrogens with one attached hydrogen (secondary N) is 1. The van der Waals surface area contributed by atoms with Crippen molar-refractivity contribution in [2.24, 2.45) is 0 Å². The van der Waals surface area contributed by atoms with Gasteiger partial charge in [-0.2, -0.15) is 11.8 Å². The Balaban J connectivity index is 2.67. The summed E-state index contributed by atoms with van der Waals surface area (Å²) in [5.74, 6) is 2.08. The van der Waals surface area contributed by atoms with Crippen molar-refractivity contribution in [1.29, 1.82) is 0 Å². The van der Waals surface area contributed by atoms with Gasteiger partial charge in [0.2, 0.25) is 0 Å². The predicted molar refractivity (Wildman–Crippen MR) is 75.3 cm³/mol. The SMILES string of the molecule is CCNC(CSCC)Cc1cc(F)ccc1C. The van der Waals surface area contributed by atoms with E-state index >= 15 is 0 Å². The minimum atomic E-state index is -0.135. The van der Waals surface area contributed by atoms with E-state index in [1.807, 2.05) is 24.8 Å². The summed E-state index contributed by atoms with van der Waals surface area (Å²) in [6, 6.07) is 5.49. The summed E-state index contributed by atoms with van der Waals surface area (Å²) in [4.78, 5) is 0. The van der Waals surface area contributed by atoms with Gasteiger partial charge in [-0.3, -0.25) is 0 Å². The average Bonchev–Trinajstić information content (AvgIpc) is 2.31. The third kappa shape index (κ3) is 5.09. The van der Waals surface area contributed by atoms with Crippen molar-refractivity contribution in [2.45, 2.75) is 33.2 Å². The van der Waals surface area contributed by atoms with Crippen molar-refractivity contribution in [3.05, 3.63) is 35.1 Å². The number of halogens is 1. The van der Waals surface area contributed by atoms with Crippen LogP contribution < -0.4 is 5.32 Å². The predicted octanol–water partition coefficient (Wildman–Crippen LogP) is 3.41. The van der Waals surface area contributed by atoms with Crippen molar-refractivity contribution in [1.82, 2.24) is 5.32 Å². The fraction of sp³-hybridized carbons (Fsp3) is 0.571. The van der Waals surface area contributed by atoms with E-state index in [1.54, 1.807) is 6.07 Å². The number of rotatable bonds is 7. The Labute approximate surface area is 108 Å². The molecule has 0 saturated heterocycles. The summed E-state index contributed by atoms with van der Waals surface area (Å²) < 4.78 is 13.2. The highest BCUT2D eigenvalue weighted by atomic mass is 32.2. The number of aryl methyl sites for hydroxylation is 1. The quantitative estimate of drug-likeness (QED) is 0.801. The summed E-state index contributed by atoms with van der Waals surface area (Å²) in [6.45, 7) is 7.29. The molecule has 1 aromatic carbocycles. The molecule has 1 N–H and O–H groups in total. The van der Waals surface area contributed by atoms with Crippen LogP contribution in [0.4, 0.5) is 4.39 Å². The number of benzene rings is 1. The first kappa shape index (κ1) is 14.5. The summed E-state index contributed by atoms with van der Waals surface area (Å²) >= 11 is 1.93. The molecule has 0 heterocycles. The molecule has 1 atom stereocenters. The van der Waals surface area contributed by atoms with Gasteiger partial charge in [-0.15, -0.1) is 0 Å². The third-order valence-electron chi connectivity index (χ3n) is 2.79. The lowest BCUT2D eigenvalue weighted by Crippen LogP contribution is -2.33. The van der Waals surface area contributed by atoms with Crippen molar-refractivity contribution < 1.29 is 4.39 Å². The molecule has 17 heavy (non-hydrogen) atoms. The third-order valence-corrected chi connectivity index (χ3v) is 3.84. The van der Waals surface area contributed by atoms with E-state index in [9.17, 15) is 4.39 Å². The minimum absolute atomic E-state index is 0.135. The van der Waals surface area contributed by atoms with Crippen LogP contribution in [0.25, 0.3) is 0 Å². The Bertz CT molecular complexity index is 341. The van der Waals surface area contributed by atoms with Gasteiger partial charge >= 0.3 is 0 Å². The first-order valence-corrected chi connectivity index (χ1v) is 7.39. The number of hydrogen-bond acceptors (Lipinski definition) is 2. The molecule has 0 saturated carbocycles. The molecule has 1 aromatic rings. The number of thioether (sulfide) groups is 1. The van der Waals surface area contributed by atoms with Crippen LogP contribution in [0.3, 0.4) is 0 Å². The molecule has 0 spiro atoms. The van der Waals surface area contributed by atoms with Crippen LogP contribution in [-0.2, 0) is 6.42 Å². The van der Waals surface area contributed by atoms with Gasteiger partial charge in [-0.05, 0) is 48.9 Å². The standard InChI is InChI=1S/C14H22FNS/c1-4-16-14(10-17-5-2)9-12-8-13(15)7-6-11(12)3/h6-8,14,16H,4-5,9-10H2,1-3H3. The molecule has 0 amide bonds. The first-order valence-electron chi connectivity index (χ1n) is 6.23. The Morgan fingerprint density at radius 2 is 2.12 bits per heavy atom. The summed E-state index contributed by atoms with van der Waals surface area (Å²) in [5, 5.41) is 3.47. The number of hydrogen-bond donors (Lipinski definition) is 1. The zero-order valence-electron chi connectivity index (χ0n) is 10.9. The molecule has 0 aliphatic carbocycles. The monoisotopic (exact) mass is 255 g/mol. The van der Waals surface area contributed by atoms with Crippen LogP contribution in [0.1, 0.15) is 25.0 Å². The molecule has 0 aromatic heterocycles. The maximum absolute atomic E-state index is 13.2. The Morgan fingerprint density at radius 1 is 1.35 bits per heavy atom. The molecule has 0 bridgehead atoms. The van der Waals surface area contributed by atoms with Crippen LogP contribution >= 0.6 is 11.8 Å². The smallest absolute Gasteiger partial charge is 0.123 e. The Hall–Kier alpha value is -0.540. The zero-order chi connectivity index (χ0) is 12.7. The Morgan fingerprint density at radius 3 is 2.76 bits per heavy atom. The van der Waals surface area contributed by atoms with E-state index in [0.29, 0.717) is 6.04 Å². The lowest BCUT2D eigenvalue weighted by molar-refractivity contribution is 0.567. The maximum Gasteiger partial charge on any atom is 0.123 e. The van der Waals surface area contributed by atoms with Crippen LogP contribution in [0.5, 0.6) is 0 Å². The lowest BCUT2D eigenvalue weighted by Gasteiger charge is -2.18. The highest BCUT2D eigenvalue weighted by molar-refractivity contribution is 7.99. The van der Waals surface area contributed by atoms with Gasteiger partial charge in [-0.1, -0.05) is 19.9 Å². The van der Waals surface area contributed by atoms with Crippen LogP contribution in [0, 0.1) is 12.7 Å². The fourth-order valence-corrected chi connectivity index (χ4v) is 2.62. The van der Waals surface area contributed by atoms with E-state index in [4.69, 9.17) is 0 Å². The van der Waals surface area contributed by atoms with Gasteiger partial charge in [0.25, 0.3) is 0 Å². The largest absolute Gasteiger partial charge is 0.313 e. The lowest BCUT2D eigenvalue weighted by atomic mass is 10.0. The second-order valence-corrected chi connectivity index (χ2v) is 5.51. The zero-order valence-corrected chi connectivity index (χ0v) is 11.7. The second kappa shape index (κ2) is 7.72. The maximum atomic E-state index is 13.2. The molecule has 0 radical (unpaired) electrons. The van der Waals surface area contributed by atoms with E-state index in [2.05, 4.69) is 19.2 Å². The van der Waals surface area contributed by atoms with Crippen molar-refractivity contribution in [3.8, 4) is 0 Å². The van der Waals surface area contributed by atoms with Crippen molar-refractivity contribution in [3.63, 3.8) is 0 Å². The number of likely N-dealkylation sites (N-methyl/N-ethyl adjacent to an activating group) is 1. The average molecular weight is 255 g/mol. The fourth-order valence-electron chi connectivity index (χ4n) is 1.86. The highest BCUT2D eigenvalue weighted by Crippen LogP contribution is 2.14. The minimum Gasteiger partial charge on any atom is -0.313 e. The molecule has 3 heteroatoms. The molecule has 1 nitrogen and oxygen atoms in total. The van der Waals surface area contributed by atoms with E-state index in [1.165, 1.54) is 11.6 Å². The topological polar surface area (TPSA) is 12.0 Å². The van der Waals surface area contributed by atoms with Gasteiger partial charge in [-0.25, -0.2) is 4.39 Å². The van der Waals surface area contributed by atoms with E-state index < -0.39 is 0 Å². The normalized spacial score (nSPS) is 12.7.